The molecule has 11 aromatic rings. The van der Waals surface area contributed by atoms with Gasteiger partial charge in [-0.15, -0.1) is 11.3 Å². The summed E-state index contributed by atoms with van der Waals surface area (Å²) >= 11 is 1.82. The van der Waals surface area contributed by atoms with Crippen LogP contribution in [0.2, 0.25) is 0 Å². The summed E-state index contributed by atoms with van der Waals surface area (Å²) in [6.07, 6.45) is 0. The van der Waals surface area contributed by atoms with Gasteiger partial charge in [-0.05, 0) is 97.0 Å². The molecule has 9 aromatic carbocycles. The molecule has 0 saturated heterocycles. The van der Waals surface area contributed by atoms with Crippen molar-refractivity contribution < 1.29 is 0 Å². The number of nitrogens with zero attached hydrogens (tertiary/aromatic N) is 3. The maximum Gasteiger partial charge on any atom is 0.164 e. The number of hydrogen-bond donors (Lipinski definition) is 0. The second-order valence-corrected chi connectivity index (χ2v) is 15.1. The third-order valence-corrected chi connectivity index (χ3v) is 11.8. The van der Waals surface area contributed by atoms with Crippen LogP contribution in [-0.4, -0.2) is 15.0 Å². The topological polar surface area (TPSA) is 38.7 Å². The van der Waals surface area contributed by atoms with Gasteiger partial charge in [-0.3, -0.25) is 0 Å². The Morgan fingerprint density at radius 2 is 0.873 bits per heavy atom. The summed E-state index contributed by atoms with van der Waals surface area (Å²) in [5.41, 5.74) is 7.59. The largest absolute Gasteiger partial charge is 0.208 e. The molecule has 2 aromatic heterocycles. The lowest BCUT2D eigenvalue weighted by Crippen LogP contribution is -2.01. The summed E-state index contributed by atoms with van der Waals surface area (Å²) in [5, 5.41) is 9.49. The van der Waals surface area contributed by atoms with Crippen molar-refractivity contribution in [1.82, 2.24) is 15.0 Å². The summed E-state index contributed by atoms with van der Waals surface area (Å²) in [6, 6.07) is 67.0. The Labute approximate surface area is 321 Å². The Bertz CT molecular complexity index is 3260. The van der Waals surface area contributed by atoms with E-state index in [0.717, 1.165) is 38.6 Å². The van der Waals surface area contributed by atoms with E-state index in [1.807, 2.05) is 11.3 Å². The molecule has 0 aliphatic rings. The van der Waals surface area contributed by atoms with Crippen molar-refractivity contribution >= 4 is 63.8 Å². The van der Waals surface area contributed by atoms with Gasteiger partial charge in [0, 0.05) is 36.9 Å². The van der Waals surface area contributed by atoms with E-state index in [-0.39, 0.29) is 0 Å². The molecule has 0 radical (unpaired) electrons. The van der Waals surface area contributed by atoms with Gasteiger partial charge < -0.3 is 0 Å². The number of benzene rings is 9. The summed E-state index contributed by atoms with van der Waals surface area (Å²) in [6.45, 7) is 0. The first-order valence-corrected chi connectivity index (χ1v) is 19.3. The molecule has 0 N–H and O–H groups in total. The predicted octanol–water partition coefficient (Wildman–Crippen LogP) is 14.0. The van der Waals surface area contributed by atoms with E-state index in [2.05, 4.69) is 188 Å². The number of aromatic nitrogens is 3. The summed E-state index contributed by atoms with van der Waals surface area (Å²) in [7, 11) is 0. The monoisotopic (exact) mass is 717 g/mol. The molecule has 0 saturated carbocycles. The van der Waals surface area contributed by atoms with E-state index < -0.39 is 0 Å². The van der Waals surface area contributed by atoms with Crippen molar-refractivity contribution in [2.24, 2.45) is 0 Å². The van der Waals surface area contributed by atoms with Crippen molar-refractivity contribution in [1.29, 1.82) is 0 Å². The standard InChI is InChI=1S/C51H31N3S/c1-3-12-32(13-4-1)36-22-23-38-27-40(25-24-37(38)26-36)49-52-50(41-28-39-18-9-10-19-42(39)44(30-41)33-14-5-2-6-15-33)54-51(53-49)43-20-11-21-46-48(43)45-29-34-16-7-8-17-35(34)31-47(45)55-46/h1-31H. The third-order valence-electron chi connectivity index (χ3n) is 10.7. The highest BCUT2D eigenvalue weighted by Crippen LogP contribution is 2.42. The minimum Gasteiger partial charge on any atom is -0.208 e. The second-order valence-electron chi connectivity index (χ2n) is 14.0. The zero-order valence-corrected chi connectivity index (χ0v) is 30.5. The minimum absolute atomic E-state index is 0.643. The Morgan fingerprint density at radius 1 is 0.291 bits per heavy atom. The highest BCUT2D eigenvalue weighted by Gasteiger charge is 2.19. The first-order chi connectivity index (χ1) is 27.2. The van der Waals surface area contributed by atoms with Gasteiger partial charge in [0.1, 0.15) is 0 Å². The molecule has 4 heteroatoms. The smallest absolute Gasteiger partial charge is 0.164 e. The minimum atomic E-state index is 0.643. The molecule has 256 valence electrons. The molecule has 0 spiro atoms. The van der Waals surface area contributed by atoms with Crippen LogP contribution >= 0.6 is 11.3 Å². The van der Waals surface area contributed by atoms with E-state index in [1.54, 1.807) is 0 Å². The van der Waals surface area contributed by atoms with E-state index >= 15 is 0 Å². The number of hydrogen-bond acceptors (Lipinski definition) is 4. The van der Waals surface area contributed by atoms with Crippen molar-refractivity contribution in [2.45, 2.75) is 0 Å². The molecule has 0 aliphatic heterocycles. The van der Waals surface area contributed by atoms with Crippen LogP contribution < -0.4 is 0 Å². The average molecular weight is 718 g/mol. The first-order valence-electron chi connectivity index (χ1n) is 18.5. The first kappa shape index (κ1) is 31.5. The van der Waals surface area contributed by atoms with Gasteiger partial charge in [0.2, 0.25) is 0 Å². The van der Waals surface area contributed by atoms with E-state index in [1.165, 1.54) is 52.8 Å². The molecule has 0 fully saturated rings. The molecule has 2 heterocycles. The molecule has 0 aliphatic carbocycles. The Hall–Kier alpha value is -7.01. The van der Waals surface area contributed by atoms with Crippen LogP contribution in [0, 0.1) is 0 Å². The summed E-state index contributed by atoms with van der Waals surface area (Å²) in [5.74, 6) is 1.95. The zero-order valence-electron chi connectivity index (χ0n) is 29.6. The predicted molar refractivity (Wildman–Crippen MR) is 232 cm³/mol. The van der Waals surface area contributed by atoms with Gasteiger partial charge in [-0.2, -0.15) is 0 Å². The van der Waals surface area contributed by atoms with Gasteiger partial charge in [0.05, 0.1) is 0 Å². The average Bonchev–Trinajstić information content (AvgIpc) is 3.62. The third kappa shape index (κ3) is 5.54. The quantitative estimate of drug-likeness (QED) is 0.178. The lowest BCUT2D eigenvalue weighted by Gasteiger charge is -2.13. The van der Waals surface area contributed by atoms with Crippen LogP contribution in [0.4, 0.5) is 0 Å². The number of fused-ring (bicyclic) bond motifs is 6. The maximum atomic E-state index is 5.33. The number of thiophene rings is 1. The van der Waals surface area contributed by atoms with Crippen LogP contribution in [0.25, 0.3) is 109 Å². The van der Waals surface area contributed by atoms with Crippen molar-refractivity contribution in [2.75, 3.05) is 0 Å². The highest BCUT2D eigenvalue weighted by molar-refractivity contribution is 7.26. The van der Waals surface area contributed by atoms with Crippen LogP contribution in [0.15, 0.2) is 188 Å². The summed E-state index contributed by atoms with van der Waals surface area (Å²) < 4.78 is 2.46. The molecule has 0 unspecified atom stereocenters. The SMILES string of the molecule is c1ccc(-c2ccc3cc(-c4nc(-c5cc(-c6ccccc6)c6ccccc6c5)nc(-c5cccc6sc7cc8ccccc8cc7c56)n4)ccc3c2)cc1. The Morgan fingerprint density at radius 3 is 1.65 bits per heavy atom. The Kier molecular flexibility index (Phi) is 7.35. The van der Waals surface area contributed by atoms with Gasteiger partial charge in [-0.25, -0.2) is 15.0 Å². The number of rotatable bonds is 5. The molecule has 11 rings (SSSR count). The van der Waals surface area contributed by atoms with Crippen molar-refractivity contribution in [3.05, 3.63) is 188 Å². The fraction of sp³-hybridized carbons (Fsp3) is 0. The van der Waals surface area contributed by atoms with Crippen LogP contribution in [-0.2, 0) is 0 Å². The van der Waals surface area contributed by atoms with Crippen LogP contribution in [0.3, 0.4) is 0 Å². The molecule has 0 amide bonds. The maximum absolute atomic E-state index is 5.33. The summed E-state index contributed by atoms with van der Waals surface area (Å²) in [4.78, 5) is 15.9. The van der Waals surface area contributed by atoms with Gasteiger partial charge in [0.15, 0.2) is 17.5 Å². The lowest BCUT2D eigenvalue weighted by atomic mass is 9.95. The molecular formula is C51H31N3S. The van der Waals surface area contributed by atoms with Crippen molar-refractivity contribution in [3.63, 3.8) is 0 Å². The van der Waals surface area contributed by atoms with E-state index in [9.17, 15) is 0 Å². The van der Waals surface area contributed by atoms with Crippen LogP contribution in [0.5, 0.6) is 0 Å². The fourth-order valence-electron chi connectivity index (χ4n) is 7.94. The van der Waals surface area contributed by atoms with E-state index in [4.69, 9.17) is 15.0 Å². The fourth-order valence-corrected chi connectivity index (χ4v) is 9.11. The molecular weight excluding hydrogens is 687 g/mol. The van der Waals surface area contributed by atoms with Gasteiger partial charge in [0.25, 0.3) is 0 Å². The van der Waals surface area contributed by atoms with E-state index in [0.29, 0.717) is 17.5 Å². The zero-order chi connectivity index (χ0) is 36.3. The van der Waals surface area contributed by atoms with Gasteiger partial charge in [-0.1, -0.05) is 146 Å². The molecule has 0 atom stereocenters. The van der Waals surface area contributed by atoms with Crippen molar-refractivity contribution in [3.8, 4) is 56.4 Å². The lowest BCUT2D eigenvalue weighted by molar-refractivity contribution is 1.08. The molecule has 55 heavy (non-hydrogen) atoms. The Balaban J connectivity index is 1.15. The second kappa shape index (κ2) is 12.8. The molecule has 0 bridgehead atoms. The molecule has 3 nitrogen and oxygen atoms in total. The van der Waals surface area contributed by atoms with Gasteiger partial charge >= 0.3 is 0 Å². The van der Waals surface area contributed by atoms with Crippen LogP contribution in [0.1, 0.15) is 0 Å². The highest BCUT2D eigenvalue weighted by atomic mass is 32.1. The normalized spacial score (nSPS) is 11.6.